The van der Waals surface area contributed by atoms with E-state index < -0.39 is 27.2 Å². The number of para-hydroxylation sites is 1. The molecule has 0 bridgehead atoms. The lowest BCUT2D eigenvalue weighted by molar-refractivity contribution is 0.0985. The zero-order valence-corrected chi connectivity index (χ0v) is 19.6. The van der Waals surface area contributed by atoms with Gasteiger partial charge in [0.2, 0.25) is 10.0 Å². The summed E-state index contributed by atoms with van der Waals surface area (Å²) >= 11 is 1.19. The van der Waals surface area contributed by atoms with Crippen LogP contribution in [0.15, 0.2) is 114 Å². The summed E-state index contributed by atoms with van der Waals surface area (Å²) in [4.78, 5) is 13.1. The van der Waals surface area contributed by atoms with E-state index in [1.54, 1.807) is 22.5 Å². The molecular formula is C26H21N3O3S2. The smallest absolute Gasteiger partial charge is 0.267 e. The summed E-state index contributed by atoms with van der Waals surface area (Å²) in [5.74, 6) is -0.646. The van der Waals surface area contributed by atoms with Gasteiger partial charge in [0, 0.05) is 0 Å². The van der Waals surface area contributed by atoms with Crippen LogP contribution in [0.2, 0.25) is 0 Å². The molecule has 5 rings (SSSR count). The number of anilines is 1. The highest BCUT2D eigenvalue weighted by atomic mass is 32.2. The van der Waals surface area contributed by atoms with Gasteiger partial charge in [-0.15, -0.1) is 11.3 Å². The first-order chi connectivity index (χ1) is 16.5. The van der Waals surface area contributed by atoms with Gasteiger partial charge in [0.1, 0.15) is 6.04 Å². The number of hydrogen-bond donors (Lipinski definition) is 1. The summed E-state index contributed by atoms with van der Waals surface area (Å²) in [6.07, 6.45) is 0. The molecule has 3 aromatic carbocycles. The van der Waals surface area contributed by atoms with Gasteiger partial charge >= 0.3 is 0 Å². The third-order valence-electron chi connectivity index (χ3n) is 5.58. The number of thiophene rings is 1. The molecule has 0 radical (unpaired) electrons. The Kier molecular flexibility index (Phi) is 6.00. The molecule has 1 aromatic heterocycles. The highest BCUT2D eigenvalue weighted by Gasteiger charge is 2.48. The Morgan fingerprint density at radius 3 is 2.06 bits per heavy atom. The van der Waals surface area contributed by atoms with E-state index in [2.05, 4.69) is 4.72 Å². The van der Waals surface area contributed by atoms with Gasteiger partial charge in [0.15, 0.2) is 5.25 Å². The molecule has 0 saturated heterocycles. The fourth-order valence-electron chi connectivity index (χ4n) is 4.08. The number of hydrazone groups is 1. The van der Waals surface area contributed by atoms with Crippen molar-refractivity contribution in [1.29, 1.82) is 0 Å². The van der Waals surface area contributed by atoms with Crippen molar-refractivity contribution in [3.8, 4) is 0 Å². The minimum absolute atomic E-state index is 0.330. The van der Waals surface area contributed by atoms with Gasteiger partial charge in [0.25, 0.3) is 5.91 Å². The van der Waals surface area contributed by atoms with E-state index in [0.29, 0.717) is 16.2 Å². The summed E-state index contributed by atoms with van der Waals surface area (Å²) in [5.41, 5.74) is 2.60. The molecule has 2 atom stereocenters. The lowest BCUT2D eigenvalue weighted by Gasteiger charge is -2.28. The van der Waals surface area contributed by atoms with Gasteiger partial charge in [0.05, 0.1) is 16.3 Å². The van der Waals surface area contributed by atoms with E-state index in [1.807, 2.05) is 91.0 Å². The van der Waals surface area contributed by atoms with Crippen LogP contribution in [0.1, 0.15) is 26.8 Å². The molecule has 0 spiro atoms. The highest BCUT2D eigenvalue weighted by Crippen LogP contribution is 2.40. The SMILES string of the molecule is O=C(NS(=O)(=O)C1C(c2ccccc2)=NN(c2ccccc2)C1c1ccccc1)c1cccs1. The van der Waals surface area contributed by atoms with Gasteiger partial charge in [-0.3, -0.25) is 9.80 Å². The van der Waals surface area contributed by atoms with E-state index in [9.17, 15) is 13.2 Å². The lowest BCUT2D eigenvalue weighted by atomic mass is 9.97. The normalized spacial score (nSPS) is 17.9. The van der Waals surface area contributed by atoms with Crippen molar-refractivity contribution in [2.24, 2.45) is 5.10 Å². The summed E-state index contributed by atoms with van der Waals surface area (Å²) in [5, 5.41) is 7.17. The molecule has 2 unspecified atom stereocenters. The van der Waals surface area contributed by atoms with Gasteiger partial charge in [-0.1, -0.05) is 84.9 Å². The highest BCUT2D eigenvalue weighted by molar-refractivity contribution is 7.91. The number of hydrogen-bond acceptors (Lipinski definition) is 6. The molecule has 34 heavy (non-hydrogen) atoms. The van der Waals surface area contributed by atoms with Crippen molar-refractivity contribution in [2.45, 2.75) is 11.3 Å². The van der Waals surface area contributed by atoms with Crippen molar-refractivity contribution >= 4 is 38.7 Å². The average molecular weight is 488 g/mol. The van der Waals surface area contributed by atoms with E-state index >= 15 is 0 Å². The predicted octanol–water partition coefficient (Wildman–Crippen LogP) is 4.84. The predicted molar refractivity (Wildman–Crippen MR) is 136 cm³/mol. The summed E-state index contributed by atoms with van der Waals surface area (Å²) < 4.78 is 30.0. The largest absolute Gasteiger partial charge is 0.274 e. The van der Waals surface area contributed by atoms with E-state index in [-0.39, 0.29) is 0 Å². The van der Waals surface area contributed by atoms with Crippen LogP contribution in [0.5, 0.6) is 0 Å². The second kappa shape index (κ2) is 9.24. The molecule has 0 aliphatic carbocycles. The Morgan fingerprint density at radius 1 is 0.824 bits per heavy atom. The summed E-state index contributed by atoms with van der Waals surface area (Å²) in [7, 11) is -4.19. The second-order valence-electron chi connectivity index (χ2n) is 7.76. The Balaban J connectivity index is 1.66. The minimum Gasteiger partial charge on any atom is -0.267 e. The van der Waals surface area contributed by atoms with E-state index in [4.69, 9.17) is 5.10 Å². The van der Waals surface area contributed by atoms with Crippen LogP contribution in [0.25, 0.3) is 0 Å². The molecule has 4 aromatic rings. The Bertz CT molecular complexity index is 1410. The standard InChI is InChI=1S/C26H21N3O3S2/c30-26(22-17-10-18-33-22)28-34(31,32)25-23(19-11-4-1-5-12-19)27-29(21-15-8-3-9-16-21)24(25)20-13-6-2-7-14-20/h1-18,24-25H,(H,28,30). The Morgan fingerprint density at radius 2 is 1.44 bits per heavy atom. The number of carbonyl (C=O) groups is 1. The fourth-order valence-corrected chi connectivity index (χ4v) is 6.34. The molecule has 0 saturated carbocycles. The zero-order chi connectivity index (χ0) is 23.5. The molecular weight excluding hydrogens is 466 g/mol. The Labute approximate surface area is 202 Å². The molecule has 2 heterocycles. The first-order valence-electron chi connectivity index (χ1n) is 10.7. The maximum absolute atomic E-state index is 13.8. The van der Waals surface area contributed by atoms with E-state index in [0.717, 1.165) is 11.3 Å². The maximum atomic E-state index is 13.8. The number of rotatable bonds is 6. The van der Waals surface area contributed by atoms with Crippen LogP contribution >= 0.6 is 11.3 Å². The van der Waals surface area contributed by atoms with Crippen LogP contribution in [-0.4, -0.2) is 25.3 Å². The van der Waals surface area contributed by atoms with Gasteiger partial charge < -0.3 is 0 Å². The molecule has 1 aliphatic rings. The van der Waals surface area contributed by atoms with Crippen molar-refractivity contribution in [2.75, 3.05) is 5.01 Å². The summed E-state index contributed by atoms with van der Waals surface area (Å²) in [6, 6.07) is 30.7. The molecule has 170 valence electrons. The monoisotopic (exact) mass is 487 g/mol. The number of sulfonamides is 1. The number of carbonyl (C=O) groups excluding carboxylic acids is 1. The molecule has 1 amide bonds. The topological polar surface area (TPSA) is 78.8 Å². The van der Waals surface area contributed by atoms with Crippen molar-refractivity contribution < 1.29 is 13.2 Å². The van der Waals surface area contributed by atoms with Crippen LogP contribution in [0.4, 0.5) is 5.69 Å². The van der Waals surface area contributed by atoms with Crippen LogP contribution < -0.4 is 9.73 Å². The zero-order valence-electron chi connectivity index (χ0n) is 18.0. The van der Waals surface area contributed by atoms with Crippen LogP contribution in [-0.2, 0) is 10.0 Å². The number of amides is 1. The average Bonchev–Trinajstić information content (AvgIpc) is 3.55. The maximum Gasteiger partial charge on any atom is 0.274 e. The first kappa shape index (κ1) is 22.1. The third-order valence-corrected chi connectivity index (χ3v) is 8.07. The fraction of sp³-hybridized carbons (Fsp3) is 0.0769. The molecule has 1 aliphatic heterocycles. The van der Waals surface area contributed by atoms with Gasteiger partial charge in [-0.2, -0.15) is 5.10 Å². The van der Waals surface area contributed by atoms with Crippen LogP contribution in [0, 0.1) is 0 Å². The van der Waals surface area contributed by atoms with Gasteiger partial charge in [-0.25, -0.2) is 13.1 Å². The number of nitrogens with zero attached hydrogens (tertiary/aromatic N) is 2. The van der Waals surface area contributed by atoms with Crippen LogP contribution in [0.3, 0.4) is 0 Å². The molecule has 0 fully saturated rings. The summed E-state index contributed by atoms with van der Waals surface area (Å²) in [6.45, 7) is 0. The second-order valence-corrected chi connectivity index (χ2v) is 10.5. The first-order valence-corrected chi connectivity index (χ1v) is 13.1. The van der Waals surface area contributed by atoms with E-state index in [1.165, 1.54) is 11.3 Å². The third kappa shape index (κ3) is 4.25. The van der Waals surface area contributed by atoms with Crippen molar-refractivity contribution in [1.82, 2.24) is 4.72 Å². The van der Waals surface area contributed by atoms with Crippen molar-refractivity contribution in [3.63, 3.8) is 0 Å². The number of benzene rings is 3. The Hall–Kier alpha value is -3.75. The number of nitrogens with one attached hydrogen (secondary N) is 1. The molecule has 8 heteroatoms. The van der Waals surface area contributed by atoms with Crippen molar-refractivity contribution in [3.05, 3.63) is 125 Å². The van der Waals surface area contributed by atoms with Gasteiger partial charge in [-0.05, 0) is 34.7 Å². The lowest BCUT2D eigenvalue weighted by Crippen LogP contribution is -2.45. The molecule has 1 N–H and O–H groups in total. The molecule has 6 nitrogen and oxygen atoms in total. The minimum atomic E-state index is -4.19. The quantitative estimate of drug-likeness (QED) is 0.422.